The summed E-state index contributed by atoms with van der Waals surface area (Å²) < 4.78 is 5.38. The molecule has 6 nitrogen and oxygen atoms in total. The fraction of sp³-hybridized carbons (Fsp3) is 0.429. The van der Waals surface area contributed by atoms with Gasteiger partial charge in [0.25, 0.3) is 0 Å². The van der Waals surface area contributed by atoms with Crippen LogP contribution >= 0.6 is 0 Å². The van der Waals surface area contributed by atoms with Gasteiger partial charge in [0.1, 0.15) is 0 Å². The van der Waals surface area contributed by atoms with Crippen molar-refractivity contribution in [3.05, 3.63) is 71.3 Å². The molecule has 3 aliphatic rings. The summed E-state index contributed by atoms with van der Waals surface area (Å²) in [4.78, 5) is 29.4. The van der Waals surface area contributed by atoms with E-state index in [1.807, 2.05) is 42.5 Å². The third-order valence-corrected chi connectivity index (χ3v) is 7.30. The maximum Gasteiger partial charge on any atom is 0.242 e. The Bertz CT molecular complexity index is 1080. The Labute approximate surface area is 200 Å². The van der Waals surface area contributed by atoms with Crippen LogP contribution in [0.1, 0.15) is 35.4 Å². The summed E-state index contributed by atoms with van der Waals surface area (Å²) in [5.41, 5.74) is 3.20. The number of benzene rings is 2. The molecular weight excluding hydrogens is 428 g/mol. The maximum absolute atomic E-state index is 13.1. The van der Waals surface area contributed by atoms with Crippen LogP contribution in [0.3, 0.4) is 0 Å². The number of carbonyl (C=O) groups is 2. The van der Waals surface area contributed by atoms with Crippen molar-refractivity contribution in [2.24, 2.45) is 5.92 Å². The van der Waals surface area contributed by atoms with Crippen LogP contribution in [0.25, 0.3) is 0 Å². The Kier molecular flexibility index (Phi) is 6.66. The van der Waals surface area contributed by atoms with E-state index < -0.39 is 0 Å². The summed E-state index contributed by atoms with van der Waals surface area (Å²) in [7, 11) is 0. The molecule has 3 heterocycles. The van der Waals surface area contributed by atoms with Crippen molar-refractivity contribution in [1.82, 2.24) is 9.80 Å². The number of aliphatic hydroxyl groups excluding tert-OH is 1. The number of fused-ring (bicyclic) bond motifs is 1. The lowest BCUT2D eigenvalue weighted by Gasteiger charge is -2.59. The van der Waals surface area contributed by atoms with E-state index in [0.29, 0.717) is 39.0 Å². The number of ether oxygens (including phenoxy) is 1. The molecular formula is C28H30N2O4. The Morgan fingerprint density at radius 3 is 2.50 bits per heavy atom. The largest absolute Gasteiger partial charge is 0.394 e. The molecule has 176 valence electrons. The second kappa shape index (κ2) is 10.0. The molecule has 5 rings (SSSR count). The summed E-state index contributed by atoms with van der Waals surface area (Å²) in [6.07, 6.45) is 2.13. The van der Waals surface area contributed by atoms with E-state index in [-0.39, 0.29) is 48.9 Å². The van der Waals surface area contributed by atoms with Gasteiger partial charge in [-0.05, 0) is 36.1 Å². The SMILES string of the molecule is O=C(C1CCOCC1)N1CC(=O)N2[C@H](C1)[C@@H](c1ccc(C#CCc3ccccc3)cc1)[C@@H]2CO. The highest BCUT2D eigenvalue weighted by atomic mass is 16.5. The lowest BCUT2D eigenvalue weighted by atomic mass is 9.73. The number of hydrogen-bond acceptors (Lipinski definition) is 4. The van der Waals surface area contributed by atoms with Crippen LogP contribution in [-0.4, -0.2) is 71.7 Å². The smallest absolute Gasteiger partial charge is 0.242 e. The predicted octanol–water partition coefficient (Wildman–Crippen LogP) is 2.20. The fourth-order valence-corrected chi connectivity index (χ4v) is 5.50. The average Bonchev–Trinajstić information content (AvgIpc) is 2.87. The zero-order valence-electron chi connectivity index (χ0n) is 19.2. The lowest BCUT2D eigenvalue weighted by Crippen LogP contribution is -2.73. The van der Waals surface area contributed by atoms with Crippen LogP contribution in [0.4, 0.5) is 0 Å². The van der Waals surface area contributed by atoms with E-state index in [1.165, 1.54) is 5.56 Å². The first-order chi connectivity index (χ1) is 16.7. The van der Waals surface area contributed by atoms with Gasteiger partial charge in [-0.15, -0.1) is 0 Å². The monoisotopic (exact) mass is 458 g/mol. The van der Waals surface area contributed by atoms with Crippen LogP contribution < -0.4 is 0 Å². The normalized spacial score (nSPS) is 24.6. The molecule has 0 aliphatic carbocycles. The number of carbonyl (C=O) groups excluding carboxylic acids is 2. The zero-order chi connectivity index (χ0) is 23.5. The topological polar surface area (TPSA) is 70.1 Å². The van der Waals surface area contributed by atoms with Gasteiger partial charge >= 0.3 is 0 Å². The molecule has 2 amide bonds. The number of aliphatic hydroxyl groups is 1. The van der Waals surface area contributed by atoms with Crippen molar-refractivity contribution >= 4 is 11.8 Å². The number of rotatable bonds is 4. The molecule has 0 radical (unpaired) electrons. The van der Waals surface area contributed by atoms with E-state index in [9.17, 15) is 14.7 Å². The predicted molar refractivity (Wildman–Crippen MR) is 128 cm³/mol. The molecule has 2 aromatic carbocycles. The maximum atomic E-state index is 13.1. The highest BCUT2D eigenvalue weighted by molar-refractivity contribution is 5.88. The van der Waals surface area contributed by atoms with E-state index in [1.54, 1.807) is 9.80 Å². The summed E-state index contributed by atoms with van der Waals surface area (Å²) in [5.74, 6) is 6.37. The van der Waals surface area contributed by atoms with Gasteiger partial charge in [0.2, 0.25) is 11.8 Å². The molecule has 0 aromatic heterocycles. The minimum atomic E-state index is -0.243. The first-order valence-electron chi connectivity index (χ1n) is 12.1. The van der Waals surface area contributed by atoms with Gasteiger partial charge in [-0.25, -0.2) is 0 Å². The Balaban J connectivity index is 1.28. The van der Waals surface area contributed by atoms with Gasteiger partial charge in [-0.2, -0.15) is 0 Å². The highest BCUT2D eigenvalue weighted by Crippen LogP contribution is 2.43. The summed E-state index contributed by atoms with van der Waals surface area (Å²) in [6, 6.07) is 17.9. The molecule has 6 heteroatoms. The van der Waals surface area contributed by atoms with E-state index in [4.69, 9.17) is 4.74 Å². The van der Waals surface area contributed by atoms with Crippen LogP contribution in [0.5, 0.6) is 0 Å². The molecule has 0 spiro atoms. The van der Waals surface area contributed by atoms with Crippen molar-refractivity contribution in [2.75, 3.05) is 32.9 Å². The van der Waals surface area contributed by atoms with Crippen molar-refractivity contribution in [3.8, 4) is 11.8 Å². The first kappa shape index (κ1) is 22.6. The molecule has 3 aliphatic heterocycles. The van der Waals surface area contributed by atoms with Gasteiger partial charge in [0.05, 0.1) is 25.2 Å². The molecule has 0 bridgehead atoms. The lowest BCUT2D eigenvalue weighted by molar-refractivity contribution is -0.169. The molecule has 2 aromatic rings. The number of piperazine rings is 1. The van der Waals surface area contributed by atoms with Crippen LogP contribution in [0.2, 0.25) is 0 Å². The zero-order valence-corrected chi connectivity index (χ0v) is 19.2. The Morgan fingerprint density at radius 2 is 1.79 bits per heavy atom. The molecule has 0 saturated carbocycles. The van der Waals surface area contributed by atoms with Crippen molar-refractivity contribution in [1.29, 1.82) is 0 Å². The fourth-order valence-electron chi connectivity index (χ4n) is 5.50. The molecule has 1 N–H and O–H groups in total. The van der Waals surface area contributed by atoms with Gasteiger partial charge in [0.15, 0.2) is 0 Å². The second-order valence-corrected chi connectivity index (χ2v) is 9.34. The molecule has 3 saturated heterocycles. The first-order valence-corrected chi connectivity index (χ1v) is 12.1. The van der Waals surface area contributed by atoms with Gasteiger partial charge < -0.3 is 19.6 Å². The highest BCUT2D eigenvalue weighted by Gasteiger charge is 2.54. The van der Waals surface area contributed by atoms with Gasteiger partial charge in [0, 0.05) is 43.6 Å². The summed E-state index contributed by atoms with van der Waals surface area (Å²) >= 11 is 0. The number of hydrogen-bond donors (Lipinski definition) is 1. The summed E-state index contributed by atoms with van der Waals surface area (Å²) in [6.45, 7) is 1.74. The van der Waals surface area contributed by atoms with Gasteiger partial charge in [-0.3, -0.25) is 9.59 Å². The quantitative estimate of drug-likeness (QED) is 0.714. The second-order valence-electron chi connectivity index (χ2n) is 9.34. The Hall–Kier alpha value is -3.14. The standard InChI is InChI=1S/C28H30N2O4/c31-19-25-27(22-11-9-21(10-12-22)8-4-7-20-5-2-1-3-6-20)24-17-29(18-26(32)30(24)25)28(33)23-13-15-34-16-14-23/h1-3,5-6,9-12,23-25,27,31H,7,13-19H2/t24-,25+,27-/m1/s1. The van der Waals surface area contributed by atoms with E-state index >= 15 is 0 Å². The molecule has 34 heavy (non-hydrogen) atoms. The van der Waals surface area contributed by atoms with Crippen molar-refractivity contribution in [2.45, 2.75) is 37.3 Å². The molecule has 3 atom stereocenters. The third-order valence-electron chi connectivity index (χ3n) is 7.30. The van der Waals surface area contributed by atoms with Crippen LogP contribution in [-0.2, 0) is 20.7 Å². The minimum absolute atomic E-state index is 0.00515. The van der Waals surface area contributed by atoms with Crippen molar-refractivity contribution < 1.29 is 19.4 Å². The van der Waals surface area contributed by atoms with Crippen molar-refractivity contribution in [3.63, 3.8) is 0 Å². The summed E-state index contributed by atoms with van der Waals surface area (Å²) in [5, 5.41) is 10.0. The van der Waals surface area contributed by atoms with Gasteiger partial charge in [-0.1, -0.05) is 54.3 Å². The van der Waals surface area contributed by atoms with E-state index in [0.717, 1.165) is 11.1 Å². The third kappa shape index (κ3) is 4.46. The molecule has 0 unspecified atom stereocenters. The molecule has 3 fully saturated rings. The van der Waals surface area contributed by atoms with Crippen LogP contribution in [0, 0.1) is 17.8 Å². The van der Waals surface area contributed by atoms with Crippen LogP contribution in [0.15, 0.2) is 54.6 Å². The minimum Gasteiger partial charge on any atom is -0.394 e. The average molecular weight is 459 g/mol. The van der Waals surface area contributed by atoms with E-state index in [2.05, 4.69) is 24.0 Å². The number of amides is 2. The number of nitrogens with zero attached hydrogens (tertiary/aromatic N) is 2. The Morgan fingerprint density at radius 1 is 1.06 bits per heavy atom.